The summed E-state index contributed by atoms with van der Waals surface area (Å²) in [6.07, 6.45) is 4.52. The standard InChI is InChI=1S/C12H18N2O3S/c15-9-12(5-1-2-6-12)8-13-7-10-3-4-11(18-10)14(16)17/h3-4,13,15H,1-2,5-9H2. The van der Waals surface area contributed by atoms with Crippen molar-refractivity contribution in [2.45, 2.75) is 32.2 Å². The second-order valence-electron chi connectivity index (χ2n) is 4.97. The molecule has 0 saturated heterocycles. The van der Waals surface area contributed by atoms with Gasteiger partial charge in [0.15, 0.2) is 0 Å². The molecule has 2 rings (SSSR count). The van der Waals surface area contributed by atoms with Crippen molar-refractivity contribution in [2.75, 3.05) is 13.2 Å². The van der Waals surface area contributed by atoms with Crippen LogP contribution < -0.4 is 5.32 Å². The Balaban J connectivity index is 1.82. The molecule has 0 unspecified atom stereocenters. The third-order valence-electron chi connectivity index (χ3n) is 3.63. The molecule has 0 amide bonds. The lowest BCUT2D eigenvalue weighted by Crippen LogP contribution is -2.34. The van der Waals surface area contributed by atoms with Crippen molar-refractivity contribution in [1.82, 2.24) is 5.32 Å². The first kappa shape index (κ1) is 13.5. The van der Waals surface area contributed by atoms with E-state index in [1.165, 1.54) is 24.2 Å². The van der Waals surface area contributed by atoms with Gasteiger partial charge in [-0.1, -0.05) is 24.2 Å². The minimum atomic E-state index is -0.361. The molecule has 1 heterocycles. The van der Waals surface area contributed by atoms with Crippen LogP contribution in [0.15, 0.2) is 12.1 Å². The zero-order valence-corrected chi connectivity index (χ0v) is 11.0. The summed E-state index contributed by atoms with van der Waals surface area (Å²) in [4.78, 5) is 11.2. The lowest BCUT2D eigenvalue weighted by atomic mass is 9.87. The number of aliphatic hydroxyl groups is 1. The highest BCUT2D eigenvalue weighted by Crippen LogP contribution is 2.37. The van der Waals surface area contributed by atoms with Gasteiger partial charge in [-0.25, -0.2) is 0 Å². The summed E-state index contributed by atoms with van der Waals surface area (Å²) in [6, 6.07) is 3.33. The average Bonchev–Trinajstić information content (AvgIpc) is 2.98. The molecule has 2 N–H and O–H groups in total. The molecule has 1 aliphatic rings. The average molecular weight is 270 g/mol. The SMILES string of the molecule is O=[N+]([O-])c1ccc(CNCC2(CO)CCCC2)s1. The Morgan fingerprint density at radius 1 is 1.44 bits per heavy atom. The maximum Gasteiger partial charge on any atom is 0.324 e. The molecule has 0 bridgehead atoms. The Morgan fingerprint density at radius 2 is 2.17 bits per heavy atom. The minimum Gasteiger partial charge on any atom is -0.396 e. The van der Waals surface area contributed by atoms with Crippen LogP contribution in [-0.4, -0.2) is 23.2 Å². The van der Waals surface area contributed by atoms with Crippen LogP contribution >= 0.6 is 11.3 Å². The van der Waals surface area contributed by atoms with E-state index in [1.54, 1.807) is 12.1 Å². The molecular weight excluding hydrogens is 252 g/mol. The fourth-order valence-corrected chi connectivity index (χ4v) is 3.32. The van der Waals surface area contributed by atoms with E-state index >= 15 is 0 Å². The number of nitro groups is 1. The smallest absolute Gasteiger partial charge is 0.324 e. The molecule has 6 heteroatoms. The predicted molar refractivity (Wildman–Crippen MR) is 70.7 cm³/mol. The third-order valence-corrected chi connectivity index (χ3v) is 4.66. The zero-order chi connectivity index (χ0) is 13.0. The summed E-state index contributed by atoms with van der Waals surface area (Å²) in [5, 5.41) is 23.5. The first-order valence-corrected chi connectivity index (χ1v) is 7.02. The molecule has 0 radical (unpaired) electrons. The van der Waals surface area contributed by atoms with Gasteiger partial charge in [-0.3, -0.25) is 10.1 Å². The van der Waals surface area contributed by atoms with Crippen molar-refractivity contribution in [2.24, 2.45) is 5.41 Å². The number of nitrogens with one attached hydrogen (secondary N) is 1. The van der Waals surface area contributed by atoms with E-state index in [0.717, 1.165) is 24.3 Å². The van der Waals surface area contributed by atoms with Crippen molar-refractivity contribution in [3.8, 4) is 0 Å². The molecule has 0 spiro atoms. The van der Waals surface area contributed by atoms with Gasteiger partial charge in [-0.2, -0.15) is 0 Å². The van der Waals surface area contributed by atoms with Crippen LogP contribution in [0.1, 0.15) is 30.6 Å². The van der Waals surface area contributed by atoms with Crippen molar-refractivity contribution in [3.05, 3.63) is 27.1 Å². The molecule has 1 aliphatic carbocycles. The Bertz CT molecular complexity index is 413. The molecule has 1 saturated carbocycles. The monoisotopic (exact) mass is 270 g/mol. The van der Waals surface area contributed by atoms with E-state index in [9.17, 15) is 15.2 Å². The quantitative estimate of drug-likeness (QED) is 0.614. The summed E-state index contributed by atoms with van der Waals surface area (Å²) in [5.74, 6) is 0. The van der Waals surface area contributed by atoms with E-state index < -0.39 is 0 Å². The number of rotatable bonds is 6. The van der Waals surface area contributed by atoms with E-state index in [-0.39, 0.29) is 21.9 Å². The van der Waals surface area contributed by atoms with Gasteiger partial charge in [0, 0.05) is 36.1 Å². The summed E-state index contributed by atoms with van der Waals surface area (Å²) in [5.41, 5.74) is 0.0309. The molecule has 0 aromatic carbocycles. The third kappa shape index (κ3) is 3.07. The molecule has 1 fully saturated rings. The first-order chi connectivity index (χ1) is 8.65. The molecule has 5 nitrogen and oxygen atoms in total. The van der Waals surface area contributed by atoms with Gasteiger partial charge in [0.2, 0.25) is 0 Å². The van der Waals surface area contributed by atoms with Gasteiger partial charge in [-0.15, -0.1) is 0 Å². The number of hydrogen-bond acceptors (Lipinski definition) is 5. The molecule has 1 aromatic heterocycles. The predicted octanol–water partition coefficient (Wildman–Crippen LogP) is 2.30. The number of nitrogens with zero attached hydrogens (tertiary/aromatic N) is 1. The van der Waals surface area contributed by atoms with Gasteiger partial charge in [0.1, 0.15) is 0 Å². The topological polar surface area (TPSA) is 75.4 Å². The highest BCUT2D eigenvalue weighted by molar-refractivity contribution is 7.15. The van der Waals surface area contributed by atoms with Crippen LogP contribution in [0.3, 0.4) is 0 Å². The molecule has 1 aromatic rings. The first-order valence-electron chi connectivity index (χ1n) is 6.20. The van der Waals surface area contributed by atoms with E-state index in [0.29, 0.717) is 6.54 Å². The van der Waals surface area contributed by atoms with Crippen LogP contribution in [0, 0.1) is 15.5 Å². The maximum atomic E-state index is 10.6. The van der Waals surface area contributed by atoms with Crippen LogP contribution in [0.4, 0.5) is 5.00 Å². The van der Waals surface area contributed by atoms with Crippen LogP contribution in [-0.2, 0) is 6.54 Å². The summed E-state index contributed by atoms with van der Waals surface area (Å²) >= 11 is 1.21. The number of hydrogen-bond donors (Lipinski definition) is 2. The highest BCUT2D eigenvalue weighted by atomic mass is 32.1. The van der Waals surface area contributed by atoms with Gasteiger partial charge in [0.05, 0.1) is 4.92 Å². The lowest BCUT2D eigenvalue weighted by molar-refractivity contribution is -0.380. The molecule has 0 atom stereocenters. The van der Waals surface area contributed by atoms with E-state index in [2.05, 4.69) is 5.32 Å². The van der Waals surface area contributed by atoms with Gasteiger partial charge >= 0.3 is 5.00 Å². The second kappa shape index (κ2) is 5.77. The number of thiophene rings is 1. The van der Waals surface area contributed by atoms with Crippen molar-refractivity contribution in [1.29, 1.82) is 0 Å². The molecule has 100 valence electrons. The summed E-state index contributed by atoms with van der Waals surface area (Å²) in [6.45, 7) is 1.65. The van der Waals surface area contributed by atoms with Crippen molar-refractivity contribution < 1.29 is 10.0 Å². The molecule has 18 heavy (non-hydrogen) atoms. The van der Waals surface area contributed by atoms with Crippen LogP contribution in [0.25, 0.3) is 0 Å². The lowest BCUT2D eigenvalue weighted by Gasteiger charge is -2.26. The Kier molecular flexibility index (Phi) is 4.31. The summed E-state index contributed by atoms with van der Waals surface area (Å²) in [7, 11) is 0. The Labute approximate surface area is 110 Å². The van der Waals surface area contributed by atoms with Crippen LogP contribution in [0.5, 0.6) is 0 Å². The number of aliphatic hydroxyl groups excluding tert-OH is 1. The Morgan fingerprint density at radius 3 is 2.72 bits per heavy atom. The second-order valence-corrected chi connectivity index (χ2v) is 6.11. The van der Waals surface area contributed by atoms with Gasteiger partial charge in [-0.05, 0) is 18.9 Å². The van der Waals surface area contributed by atoms with E-state index in [4.69, 9.17) is 0 Å². The highest BCUT2D eigenvalue weighted by Gasteiger charge is 2.32. The van der Waals surface area contributed by atoms with Crippen molar-refractivity contribution >= 4 is 16.3 Å². The fraction of sp³-hybridized carbons (Fsp3) is 0.667. The van der Waals surface area contributed by atoms with Gasteiger partial charge < -0.3 is 10.4 Å². The van der Waals surface area contributed by atoms with E-state index in [1.807, 2.05) is 0 Å². The normalized spacial score (nSPS) is 18.1. The zero-order valence-electron chi connectivity index (χ0n) is 10.2. The van der Waals surface area contributed by atoms with Gasteiger partial charge in [0.25, 0.3) is 0 Å². The maximum absolute atomic E-state index is 10.6. The minimum absolute atomic E-state index is 0.0309. The van der Waals surface area contributed by atoms with Crippen molar-refractivity contribution in [3.63, 3.8) is 0 Å². The molecular formula is C12H18N2O3S. The largest absolute Gasteiger partial charge is 0.396 e. The summed E-state index contributed by atoms with van der Waals surface area (Å²) < 4.78 is 0. The molecule has 0 aliphatic heterocycles. The fourth-order valence-electron chi connectivity index (χ4n) is 2.53. The Hall–Kier alpha value is -0.980. The van der Waals surface area contributed by atoms with Crippen LogP contribution in [0.2, 0.25) is 0 Å².